The summed E-state index contributed by atoms with van der Waals surface area (Å²) < 4.78 is 5.15. The molecule has 0 unspecified atom stereocenters. The number of hydrogen-bond acceptors (Lipinski definition) is 9. The largest absolute Gasteiger partial charge is 0.497 e. The van der Waals surface area contributed by atoms with Gasteiger partial charge in [-0.3, -0.25) is 14.9 Å². The minimum atomic E-state index is -0.549. The second kappa shape index (κ2) is 9.60. The Morgan fingerprint density at radius 3 is 2.28 bits per heavy atom. The number of hydrogen-bond donors (Lipinski definition) is 1. The van der Waals surface area contributed by atoms with E-state index in [9.17, 15) is 25.4 Å². The fraction of sp³-hybridized carbons (Fsp3) is 0.0909. The lowest BCUT2D eigenvalue weighted by Crippen LogP contribution is -2.06. The molecule has 32 heavy (non-hydrogen) atoms. The zero-order valence-electron chi connectivity index (χ0n) is 16.7. The average molecular weight is 445 g/mol. The molecule has 0 radical (unpaired) electrons. The van der Waals surface area contributed by atoms with Gasteiger partial charge in [0.1, 0.15) is 34.3 Å². The fourth-order valence-electron chi connectivity index (χ4n) is 2.94. The van der Waals surface area contributed by atoms with Gasteiger partial charge in [0.2, 0.25) is 0 Å². The third kappa shape index (κ3) is 4.51. The predicted molar refractivity (Wildman–Crippen MR) is 118 cm³/mol. The van der Waals surface area contributed by atoms with Crippen LogP contribution < -0.4 is 10.5 Å². The highest BCUT2D eigenvalue weighted by atomic mass is 32.2. The lowest BCUT2D eigenvalue weighted by Gasteiger charge is -2.13. The quantitative estimate of drug-likeness (QED) is 0.246. The SMILES string of the molecule is COc1ccc(-c2c(C#N)c(N)nc(SCC(=O)c3ccc([N+](=O)[O-])cc3)c2C#N)cc1. The monoisotopic (exact) mass is 445 g/mol. The molecular formula is C22H15N5O4S. The molecule has 158 valence electrons. The molecule has 2 aromatic carbocycles. The van der Waals surface area contributed by atoms with Gasteiger partial charge in [-0.15, -0.1) is 0 Å². The number of ether oxygens (including phenoxy) is 1. The van der Waals surface area contributed by atoms with Gasteiger partial charge in [0.15, 0.2) is 5.78 Å². The van der Waals surface area contributed by atoms with Crippen LogP contribution in [0.2, 0.25) is 0 Å². The third-order valence-electron chi connectivity index (χ3n) is 4.53. The van der Waals surface area contributed by atoms with Crippen LogP contribution in [-0.2, 0) is 0 Å². The van der Waals surface area contributed by atoms with E-state index in [0.29, 0.717) is 22.4 Å². The molecule has 10 heteroatoms. The molecule has 9 nitrogen and oxygen atoms in total. The van der Waals surface area contributed by atoms with Crippen molar-refractivity contribution in [2.45, 2.75) is 5.03 Å². The van der Waals surface area contributed by atoms with Crippen LogP contribution in [0.25, 0.3) is 11.1 Å². The Labute approximate surface area is 187 Å². The highest BCUT2D eigenvalue weighted by molar-refractivity contribution is 8.00. The van der Waals surface area contributed by atoms with E-state index in [1.807, 2.05) is 6.07 Å². The molecule has 0 bridgehead atoms. The van der Waals surface area contributed by atoms with Gasteiger partial charge in [0.25, 0.3) is 5.69 Å². The topological polar surface area (TPSA) is 156 Å². The van der Waals surface area contributed by atoms with Gasteiger partial charge in [-0.2, -0.15) is 10.5 Å². The number of rotatable bonds is 7. The molecule has 0 atom stereocenters. The molecule has 0 spiro atoms. The van der Waals surface area contributed by atoms with Crippen LogP contribution >= 0.6 is 11.8 Å². The molecule has 1 heterocycles. The second-order valence-electron chi connectivity index (χ2n) is 6.40. The van der Waals surface area contributed by atoms with E-state index in [1.54, 1.807) is 24.3 Å². The molecule has 0 aliphatic carbocycles. The first kappa shape index (κ1) is 22.3. The van der Waals surface area contributed by atoms with E-state index >= 15 is 0 Å². The van der Waals surface area contributed by atoms with Gasteiger partial charge < -0.3 is 10.5 Å². The number of nitrogens with two attached hydrogens (primary N) is 1. The van der Waals surface area contributed by atoms with E-state index in [4.69, 9.17) is 10.5 Å². The Hall–Kier alpha value is -4.41. The number of benzene rings is 2. The minimum Gasteiger partial charge on any atom is -0.497 e. The molecule has 0 saturated heterocycles. The Balaban J connectivity index is 1.95. The molecule has 0 amide bonds. The minimum absolute atomic E-state index is 0.0531. The number of nitriles is 2. The number of nitrogens with zero attached hydrogens (tertiary/aromatic N) is 4. The van der Waals surface area contributed by atoms with E-state index in [-0.39, 0.29) is 39.2 Å². The van der Waals surface area contributed by atoms with E-state index in [1.165, 1.54) is 31.4 Å². The molecule has 3 aromatic rings. The average Bonchev–Trinajstić information content (AvgIpc) is 2.82. The smallest absolute Gasteiger partial charge is 0.269 e. The molecule has 1 aromatic heterocycles. The van der Waals surface area contributed by atoms with Crippen LogP contribution in [-0.4, -0.2) is 28.6 Å². The number of carbonyl (C=O) groups excluding carboxylic acids is 1. The van der Waals surface area contributed by atoms with Crippen molar-refractivity contribution in [3.63, 3.8) is 0 Å². The molecule has 0 aliphatic rings. The number of ketones is 1. The number of methoxy groups -OCH3 is 1. The number of nitro groups is 1. The van der Waals surface area contributed by atoms with Gasteiger partial charge in [0, 0.05) is 23.3 Å². The Morgan fingerprint density at radius 1 is 1.12 bits per heavy atom. The van der Waals surface area contributed by atoms with Crippen molar-refractivity contribution in [2.75, 3.05) is 18.6 Å². The molecule has 0 saturated carbocycles. The molecule has 0 fully saturated rings. The summed E-state index contributed by atoms with van der Waals surface area (Å²) in [4.78, 5) is 26.9. The summed E-state index contributed by atoms with van der Waals surface area (Å²) in [5, 5.41) is 30.4. The van der Waals surface area contributed by atoms with Crippen LogP contribution in [0, 0.1) is 32.8 Å². The lowest BCUT2D eigenvalue weighted by molar-refractivity contribution is -0.384. The number of pyridine rings is 1. The van der Waals surface area contributed by atoms with Gasteiger partial charge in [-0.1, -0.05) is 23.9 Å². The highest BCUT2D eigenvalue weighted by Gasteiger charge is 2.21. The van der Waals surface area contributed by atoms with Crippen molar-refractivity contribution in [1.82, 2.24) is 4.98 Å². The Bertz CT molecular complexity index is 1280. The van der Waals surface area contributed by atoms with Crippen LogP contribution in [0.15, 0.2) is 53.6 Å². The number of anilines is 1. The number of Topliss-reactive ketones (excluding diaryl/α,β-unsaturated/α-hetero) is 1. The number of thioether (sulfide) groups is 1. The van der Waals surface area contributed by atoms with Crippen molar-refractivity contribution in [3.05, 3.63) is 75.3 Å². The number of non-ortho nitro benzene ring substituents is 1. The normalized spacial score (nSPS) is 10.1. The summed E-state index contributed by atoms with van der Waals surface area (Å²) in [6.07, 6.45) is 0. The van der Waals surface area contributed by atoms with E-state index < -0.39 is 4.92 Å². The first-order valence-corrected chi connectivity index (χ1v) is 10.1. The van der Waals surface area contributed by atoms with Crippen molar-refractivity contribution >= 4 is 29.1 Å². The lowest BCUT2D eigenvalue weighted by atomic mass is 9.97. The molecular weight excluding hydrogens is 430 g/mol. The van der Waals surface area contributed by atoms with Crippen LogP contribution in [0.3, 0.4) is 0 Å². The van der Waals surface area contributed by atoms with Crippen molar-refractivity contribution < 1.29 is 14.5 Å². The maximum absolute atomic E-state index is 12.5. The summed E-state index contributed by atoms with van der Waals surface area (Å²) in [7, 11) is 1.53. The molecule has 3 rings (SSSR count). The first-order chi connectivity index (χ1) is 15.4. The number of aromatic nitrogens is 1. The van der Waals surface area contributed by atoms with Gasteiger partial charge in [0.05, 0.1) is 23.3 Å². The summed E-state index contributed by atoms with van der Waals surface area (Å²) in [5.41, 5.74) is 7.26. The summed E-state index contributed by atoms with van der Waals surface area (Å²) in [5.74, 6) is 0.176. The van der Waals surface area contributed by atoms with Gasteiger partial charge >= 0.3 is 0 Å². The van der Waals surface area contributed by atoms with Crippen molar-refractivity contribution in [2.24, 2.45) is 0 Å². The second-order valence-corrected chi connectivity index (χ2v) is 7.36. The summed E-state index contributed by atoms with van der Waals surface area (Å²) in [6, 6.07) is 16.1. The van der Waals surface area contributed by atoms with Crippen LogP contribution in [0.4, 0.5) is 11.5 Å². The maximum Gasteiger partial charge on any atom is 0.269 e. The van der Waals surface area contributed by atoms with E-state index in [0.717, 1.165) is 11.8 Å². The first-order valence-electron chi connectivity index (χ1n) is 9.08. The van der Waals surface area contributed by atoms with E-state index in [2.05, 4.69) is 11.1 Å². The van der Waals surface area contributed by atoms with Crippen molar-refractivity contribution in [3.8, 4) is 29.0 Å². The zero-order chi connectivity index (χ0) is 23.3. The highest BCUT2D eigenvalue weighted by Crippen LogP contribution is 2.36. The Morgan fingerprint density at radius 2 is 1.75 bits per heavy atom. The number of carbonyl (C=O) groups is 1. The number of nitro benzene ring substituents is 1. The summed E-state index contributed by atoms with van der Waals surface area (Å²) in [6.45, 7) is 0. The third-order valence-corrected chi connectivity index (χ3v) is 5.51. The van der Waals surface area contributed by atoms with Gasteiger partial charge in [-0.25, -0.2) is 4.98 Å². The Kier molecular flexibility index (Phi) is 6.68. The van der Waals surface area contributed by atoms with Gasteiger partial charge in [-0.05, 0) is 29.8 Å². The number of nitrogen functional groups attached to an aromatic ring is 1. The van der Waals surface area contributed by atoms with Crippen LogP contribution in [0.5, 0.6) is 5.75 Å². The fourth-order valence-corrected chi connectivity index (χ4v) is 3.82. The van der Waals surface area contributed by atoms with Crippen LogP contribution in [0.1, 0.15) is 21.5 Å². The standard InChI is InChI=1S/C22H15N5O4S/c1-31-16-8-4-14(5-9-16)20-17(10-23)21(25)26-22(18(20)11-24)32-12-19(28)13-2-6-15(7-3-13)27(29)30/h2-9H,12H2,1H3,(H2,25,26). The summed E-state index contributed by atoms with van der Waals surface area (Å²) >= 11 is 1.00. The molecule has 2 N–H and O–H groups in total. The predicted octanol–water partition coefficient (Wildman–Crippen LogP) is 3.97. The molecule has 0 aliphatic heterocycles. The maximum atomic E-state index is 12.5. The zero-order valence-corrected chi connectivity index (χ0v) is 17.5. The van der Waals surface area contributed by atoms with Crippen molar-refractivity contribution in [1.29, 1.82) is 10.5 Å².